The van der Waals surface area contributed by atoms with Gasteiger partial charge in [0.2, 0.25) is 0 Å². The van der Waals surface area contributed by atoms with Crippen LogP contribution in [-0.4, -0.2) is 25.8 Å². The molecule has 2 nitrogen and oxygen atoms in total. The van der Waals surface area contributed by atoms with Crippen molar-refractivity contribution in [3.8, 4) is 11.8 Å². The van der Waals surface area contributed by atoms with Crippen molar-refractivity contribution in [1.82, 2.24) is 5.32 Å². The van der Waals surface area contributed by atoms with Crippen LogP contribution in [-0.2, 0) is 4.74 Å². The van der Waals surface area contributed by atoms with E-state index in [1.165, 1.54) is 12.8 Å². The summed E-state index contributed by atoms with van der Waals surface area (Å²) in [4.78, 5) is 0. The summed E-state index contributed by atoms with van der Waals surface area (Å²) in [6.07, 6.45) is 3.35. The van der Waals surface area contributed by atoms with Gasteiger partial charge in [-0.2, -0.15) is 0 Å². The molecule has 0 spiro atoms. The maximum atomic E-state index is 5.37. The normalized spacial score (nSPS) is 19.9. The van der Waals surface area contributed by atoms with Crippen LogP contribution in [0.4, 0.5) is 0 Å². The Balaban J connectivity index is 2.40. The van der Waals surface area contributed by atoms with Crippen molar-refractivity contribution < 1.29 is 4.74 Å². The molecule has 0 aromatic rings. The van der Waals surface area contributed by atoms with E-state index in [0.29, 0.717) is 6.04 Å². The first-order chi connectivity index (χ1) is 6.88. The maximum Gasteiger partial charge on any atom is 0.0469 e. The summed E-state index contributed by atoms with van der Waals surface area (Å²) < 4.78 is 5.37. The fourth-order valence-corrected chi connectivity index (χ4v) is 2.00. The van der Waals surface area contributed by atoms with Gasteiger partial charge in [-0.3, -0.25) is 0 Å². The van der Waals surface area contributed by atoms with Gasteiger partial charge < -0.3 is 10.1 Å². The lowest BCUT2D eigenvalue weighted by atomic mass is 9.90. The first kappa shape index (κ1) is 11.6. The molecule has 0 aliphatic carbocycles. The van der Waals surface area contributed by atoms with E-state index in [2.05, 4.69) is 24.1 Å². The van der Waals surface area contributed by atoms with Gasteiger partial charge in [0, 0.05) is 25.7 Å². The van der Waals surface area contributed by atoms with Gasteiger partial charge in [0.1, 0.15) is 0 Å². The molecule has 14 heavy (non-hydrogen) atoms. The largest absolute Gasteiger partial charge is 0.381 e. The Morgan fingerprint density at radius 1 is 1.43 bits per heavy atom. The molecule has 0 saturated carbocycles. The van der Waals surface area contributed by atoms with E-state index in [0.717, 1.165) is 32.1 Å². The molecule has 1 heterocycles. The Labute approximate surface area is 87.4 Å². The van der Waals surface area contributed by atoms with Crippen LogP contribution < -0.4 is 5.32 Å². The number of ether oxygens (including phenoxy) is 1. The Morgan fingerprint density at radius 2 is 2.14 bits per heavy atom. The van der Waals surface area contributed by atoms with E-state index in [9.17, 15) is 0 Å². The molecule has 1 rings (SSSR count). The monoisotopic (exact) mass is 195 g/mol. The molecule has 80 valence electrons. The van der Waals surface area contributed by atoms with Gasteiger partial charge in [-0.25, -0.2) is 0 Å². The second-order valence-corrected chi connectivity index (χ2v) is 3.74. The van der Waals surface area contributed by atoms with E-state index >= 15 is 0 Å². The molecule has 0 aromatic carbocycles. The second kappa shape index (κ2) is 6.86. The summed E-state index contributed by atoms with van der Waals surface area (Å²) >= 11 is 0. The fourth-order valence-electron chi connectivity index (χ4n) is 2.00. The van der Waals surface area contributed by atoms with Gasteiger partial charge in [-0.1, -0.05) is 6.92 Å². The zero-order valence-electron chi connectivity index (χ0n) is 9.31. The summed E-state index contributed by atoms with van der Waals surface area (Å²) in [6.45, 7) is 6.95. The van der Waals surface area contributed by atoms with Crippen molar-refractivity contribution in [2.24, 2.45) is 5.92 Å². The Kier molecular flexibility index (Phi) is 5.66. The van der Waals surface area contributed by atoms with Crippen LogP contribution in [0.15, 0.2) is 0 Å². The maximum absolute atomic E-state index is 5.37. The first-order valence-corrected chi connectivity index (χ1v) is 5.59. The van der Waals surface area contributed by atoms with Crippen LogP contribution in [0, 0.1) is 17.8 Å². The zero-order chi connectivity index (χ0) is 10.2. The van der Waals surface area contributed by atoms with Gasteiger partial charge in [0.15, 0.2) is 0 Å². The molecular formula is C12H21NO. The molecule has 1 aliphatic rings. The van der Waals surface area contributed by atoms with Crippen LogP contribution in [0.25, 0.3) is 0 Å². The van der Waals surface area contributed by atoms with Gasteiger partial charge >= 0.3 is 0 Å². The molecule has 1 saturated heterocycles. The van der Waals surface area contributed by atoms with Crippen molar-refractivity contribution >= 4 is 0 Å². The van der Waals surface area contributed by atoms with Crippen LogP contribution in [0.5, 0.6) is 0 Å². The van der Waals surface area contributed by atoms with Gasteiger partial charge in [-0.15, -0.1) is 11.8 Å². The van der Waals surface area contributed by atoms with E-state index in [1.807, 2.05) is 6.92 Å². The molecule has 1 aliphatic heterocycles. The minimum absolute atomic E-state index is 0.566. The van der Waals surface area contributed by atoms with Crippen molar-refractivity contribution in [2.45, 2.75) is 39.2 Å². The highest BCUT2D eigenvalue weighted by Crippen LogP contribution is 2.20. The van der Waals surface area contributed by atoms with E-state index < -0.39 is 0 Å². The lowest BCUT2D eigenvalue weighted by molar-refractivity contribution is 0.0546. The Bertz CT molecular complexity index is 198. The molecule has 1 fully saturated rings. The third kappa shape index (κ3) is 3.69. The third-order valence-corrected chi connectivity index (χ3v) is 2.80. The number of hydrogen-bond acceptors (Lipinski definition) is 2. The summed E-state index contributed by atoms with van der Waals surface area (Å²) in [5, 5.41) is 3.53. The number of hydrogen-bond donors (Lipinski definition) is 1. The summed E-state index contributed by atoms with van der Waals surface area (Å²) in [5.41, 5.74) is 0. The van der Waals surface area contributed by atoms with Gasteiger partial charge in [0.05, 0.1) is 0 Å². The fraction of sp³-hybridized carbons (Fsp3) is 0.833. The number of nitrogens with one attached hydrogen (secondary N) is 1. The van der Waals surface area contributed by atoms with Crippen molar-refractivity contribution in [3.63, 3.8) is 0 Å². The first-order valence-electron chi connectivity index (χ1n) is 5.59. The average Bonchev–Trinajstić information content (AvgIpc) is 2.25. The van der Waals surface area contributed by atoms with Gasteiger partial charge in [-0.05, 0) is 32.2 Å². The highest BCUT2D eigenvalue weighted by atomic mass is 16.5. The van der Waals surface area contributed by atoms with Crippen LogP contribution >= 0.6 is 0 Å². The molecule has 0 amide bonds. The zero-order valence-corrected chi connectivity index (χ0v) is 9.31. The molecular weight excluding hydrogens is 174 g/mol. The molecule has 1 atom stereocenters. The lowest BCUT2D eigenvalue weighted by Gasteiger charge is -2.29. The highest BCUT2D eigenvalue weighted by molar-refractivity contribution is 4.99. The smallest absolute Gasteiger partial charge is 0.0469 e. The molecule has 2 heteroatoms. The lowest BCUT2D eigenvalue weighted by Crippen LogP contribution is -2.38. The minimum atomic E-state index is 0.566. The predicted octanol–water partition coefficient (Wildman–Crippen LogP) is 1.80. The standard InChI is InChI=1S/C12H21NO/c1-3-5-6-12(13-4-2)11-7-9-14-10-8-11/h11-13H,4,6-10H2,1-2H3. The second-order valence-electron chi connectivity index (χ2n) is 3.74. The van der Waals surface area contributed by atoms with E-state index in [-0.39, 0.29) is 0 Å². The SMILES string of the molecule is CC#CCC(NCC)C1CCOCC1. The Hall–Kier alpha value is -0.520. The van der Waals surface area contributed by atoms with Crippen molar-refractivity contribution in [2.75, 3.05) is 19.8 Å². The van der Waals surface area contributed by atoms with Crippen LogP contribution in [0.3, 0.4) is 0 Å². The summed E-state index contributed by atoms with van der Waals surface area (Å²) in [5.74, 6) is 6.91. The molecule has 1 N–H and O–H groups in total. The van der Waals surface area contributed by atoms with Crippen molar-refractivity contribution in [3.05, 3.63) is 0 Å². The quantitative estimate of drug-likeness (QED) is 0.691. The predicted molar refractivity (Wildman–Crippen MR) is 59.1 cm³/mol. The minimum Gasteiger partial charge on any atom is -0.381 e. The highest BCUT2D eigenvalue weighted by Gasteiger charge is 2.22. The van der Waals surface area contributed by atoms with E-state index in [4.69, 9.17) is 4.74 Å². The molecule has 1 unspecified atom stereocenters. The summed E-state index contributed by atoms with van der Waals surface area (Å²) in [7, 11) is 0. The molecule has 0 bridgehead atoms. The topological polar surface area (TPSA) is 21.3 Å². The van der Waals surface area contributed by atoms with E-state index in [1.54, 1.807) is 0 Å². The third-order valence-electron chi connectivity index (χ3n) is 2.80. The van der Waals surface area contributed by atoms with Gasteiger partial charge in [0.25, 0.3) is 0 Å². The van der Waals surface area contributed by atoms with Crippen LogP contribution in [0.1, 0.15) is 33.1 Å². The molecule has 0 radical (unpaired) electrons. The number of rotatable bonds is 4. The summed E-state index contributed by atoms with van der Waals surface area (Å²) in [6, 6.07) is 0.566. The van der Waals surface area contributed by atoms with Crippen LogP contribution in [0.2, 0.25) is 0 Å². The Morgan fingerprint density at radius 3 is 2.71 bits per heavy atom. The molecule has 0 aromatic heterocycles. The average molecular weight is 195 g/mol. The van der Waals surface area contributed by atoms with Crippen molar-refractivity contribution in [1.29, 1.82) is 0 Å².